The Bertz CT molecular complexity index is 223. The highest BCUT2D eigenvalue weighted by Crippen LogP contribution is 2.35. The summed E-state index contributed by atoms with van der Waals surface area (Å²) in [6.07, 6.45) is 0.496. The van der Waals surface area contributed by atoms with Gasteiger partial charge in [-0.3, -0.25) is 4.79 Å². The normalized spacial score (nSPS) is 26.3. The summed E-state index contributed by atoms with van der Waals surface area (Å²) in [5.41, 5.74) is -0.184. The van der Waals surface area contributed by atoms with Gasteiger partial charge in [-0.25, -0.2) is 0 Å². The lowest BCUT2D eigenvalue weighted by atomic mass is 9.89. The summed E-state index contributed by atoms with van der Waals surface area (Å²) in [6.45, 7) is 9.20. The van der Waals surface area contributed by atoms with Crippen LogP contribution in [0.2, 0.25) is 0 Å². The number of hydrogen-bond donors (Lipinski definition) is 1. The fourth-order valence-electron chi connectivity index (χ4n) is 2.10. The molecule has 0 saturated carbocycles. The molecule has 1 rings (SSSR count). The van der Waals surface area contributed by atoms with E-state index >= 15 is 0 Å². The minimum Gasteiger partial charge on any atom is -0.396 e. The predicted molar refractivity (Wildman–Crippen MR) is 55.8 cm³/mol. The van der Waals surface area contributed by atoms with Gasteiger partial charge in [0.05, 0.1) is 0 Å². The maximum Gasteiger partial charge on any atom is 0.223 e. The number of amides is 1. The molecule has 3 nitrogen and oxygen atoms in total. The first-order valence-electron chi connectivity index (χ1n) is 5.31. The van der Waals surface area contributed by atoms with Crippen LogP contribution in [0.4, 0.5) is 0 Å². The molecule has 1 amide bonds. The van der Waals surface area contributed by atoms with Crippen LogP contribution in [-0.2, 0) is 4.79 Å². The van der Waals surface area contributed by atoms with Gasteiger partial charge >= 0.3 is 0 Å². The minimum absolute atomic E-state index is 0.0914. The van der Waals surface area contributed by atoms with Gasteiger partial charge in [0.1, 0.15) is 0 Å². The molecule has 3 heteroatoms. The molecule has 0 spiro atoms. The van der Waals surface area contributed by atoms with Crippen molar-refractivity contribution >= 4 is 5.91 Å². The van der Waals surface area contributed by atoms with E-state index in [1.165, 1.54) is 0 Å². The van der Waals surface area contributed by atoms with Crippen molar-refractivity contribution in [2.24, 2.45) is 11.8 Å². The zero-order valence-electron chi connectivity index (χ0n) is 9.58. The highest BCUT2D eigenvalue weighted by atomic mass is 16.3. The van der Waals surface area contributed by atoms with E-state index in [2.05, 4.69) is 13.8 Å². The molecule has 0 bridgehead atoms. The number of hydrogen-bond acceptors (Lipinski definition) is 2. The van der Waals surface area contributed by atoms with Gasteiger partial charge in [-0.1, -0.05) is 13.8 Å². The van der Waals surface area contributed by atoms with E-state index in [1.807, 2.05) is 18.7 Å². The summed E-state index contributed by atoms with van der Waals surface area (Å²) < 4.78 is 0. The number of carbonyl (C=O) groups is 1. The van der Waals surface area contributed by atoms with Crippen LogP contribution in [0, 0.1) is 11.8 Å². The Kier molecular flexibility index (Phi) is 3.20. The van der Waals surface area contributed by atoms with Gasteiger partial charge in [0.15, 0.2) is 0 Å². The third kappa shape index (κ3) is 1.92. The summed E-state index contributed by atoms with van der Waals surface area (Å²) >= 11 is 0. The van der Waals surface area contributed by atoms with Gasteiger partial charge in [-0.05, 0) is 19.8 Å². The Hall–Kier alpha value is -0.570. The average molecular weight is 199 g/mol. The molecule has 1 fully saturated rings. The molecule has 1 aliphatic heterocycles. The van der Waals surface area contributed by atoms with E-state index in [0.29, 0.717) is 12.3 Å². The number of aliphatic hydroxyl groups excluding tert-OH is 1. The molecule has 1 saturated heterocycles. The smallest absolute Gasteiger partial charge is 0.223 e. The molecule has 0 aromatic rings. The molecule has 0 aliphatic carbocycles. The van der Waals surface area contributed by atoms with Crippen LogP contribution < -0.4 is 0 Å². The number of likely N-dealkylation sites (tertiary alicyclic amines) is 1. The monoisotopic (exact) mass is 199 g/mol. The predicted octanol–water partition coefficient (Wildman–Crippen LogP) is 1.26. The molecule has 1 aliphatic rings. The third-order valence-corrected chi connectivity index (χ3v) is 3.18. The van der Waals surface area contributed by atoms with Crippen LogP contribution >= 0.6 is 0 Å². The van der Waals surface area contributed by atoms with Crippen molar-refractivity contribution in [3.05, 3.63) is 0 Å². The molecule has 0 aromatic carbocycles. The van der Waals surface area contributed by atoms with Crippen LogP contribution in [0.3, 0.4) is 0 Å². The SMILES string of the molecule is CC(C)CN1C(=O)CC(CO)C1(C)C. The van der Waals surface area contributed by atoms with Crippen molar-refractivity contribution in [3.8, 4) is 0 Å². The first kappa shape index (κ1) is 11.5. The summed E-state index contributed by atoms with van der Waals surface area (Å²) in [7, 11) is 0. The molecule has 1 unspecified atom stereocenters. The van der Waals surface area contributed by atoms with E-state index in [-0.39, 0.29) is 24.0 Å². The Balaban J connectivity index is 2.79. The lowest BCUT2D eigenvalue weighted by Crippen LogP contribution is -2.46. The largest absolute Gasteiger partial charge is 0.396 e. The molecule has 0 radical (unpaired) electrons. The van der Waals surface area contributed by atoms with Crippen molar-refractivity contribution in [2.75, 3.05) is 13.2 Å². The summed E-state index contributed by atoms with van der Waals surface area (Å²) in [4.78, 5) is 13.6. The van der Waals surface area contributed by atoms with Gasteiger partial charge in [-0.2, -0.15) is 0 Å². The Morgan fingerprint density at radius 3 is 2.50 bits per heavy atom. The van der Waals surface area contributed by atoms with E-state index in [0.717, 1.165) is 6.54 Å². The second kappa shape index (κ2) is 3.89. The van der Waals surface area contributed by atoms with Gasteiger partial charge in [0.25, 0.3) is 0 Å². The lowest BCUT2D eigenvalue weighted by molar-refractivity contribution is -0.131. The van der Waals surface area contributed by atoms with Crippen molar-refractivity contribution in [1.82, 2.24) is 4.90 Å². The molecule has 82 valence electrons. The van der Waals surface area contributed by atoms with Gasteiger partial charge in [0, 0.05) is 31.0 Å². The molecular weight excluding hydrogens is 178 g/mol. The van der Waals surface area contributed by atoms with Crippen LogP contribution in [0.15, 0.2) is 0 Å². The standard InChI is InChI=1S/C11H21NO2/c1-8(2)6-12-10(14)5-9(7-13)11(12,3)4/h8-9,13H,5-7H2,1-4H3. The Morgan fingerprint density at radius 1 is 1.57 bits per heavy atom. The molecule has 14 heavy (non-hydrogen) atoms. The molecule has 1 heterocycles. The highest BCUT2D eigenvalue weighted by molar-refractivity contribution is 5.80. The van der Waals surface area contributed by atoms with Crippen molar-refractivity contribution < 1.29 is 9.90 Å². The van der Waals surface area contributed by atoms with Crippen LogP contribution in [0.1, 0.15) is 34.1 Å². The lowest BCUT2D eigenvalue weighted by Gasteiger charge is -2.36. The van der Waals surface area contributed by atoms with E-state index < -0.39 is 0 Å². The average Bonchev–Trinajstić information content (AvgIpc) is 2.27. The summed E-state index contributed by atoms with van der Waals surface area (Å²) in [5, 5.41) is 9.19. The van der Waals surface area contributed by atoms with E-state index in [9.17, 15) is 9.90 Å². The number of carbonyl (C=O) groups excluding carboxylic acids is 1. The zero-order valence-corrected chi connectivity index (χ0v) is 9.58. The topological polar surface area (TPSA) is 40.5 Å². The Labute approximate surface area is 86.1 Å². The summed E-state index contributed by atoms with van der Waals surface area (Å²) in [5.74, 6) is 0.757. The second-order valence-corrected chi connectivity index (χ2v) is 5.14. The number of aliphatic hydroxyl groups is 1. The fraction of sp³-hybridized carbons (Fsp3) is 0.909. The quantitative estimate of drug-likeness (QED) is 0.743. The van der Waals surface area contributed by atoms with Crippen LogP contribution in [-0.4, -0.2) is 34.6 Å². The molecular formula is C11H21NO2. The van der Waals surface area contributed by atoms with Crippen molar-refractivity contribution in [1.29, 1.82) is 0 Å². The van der Waals surface area contributed by atoms with E-state index in [4.69, 9.17) is 0 Å². The van der Waals surface area contributed by atoms with Crippen LogP contribution in [0.25, 0.3) is 0 Å². The first-order valence-corrected chi connectivity index (χ1v) is 5.31. The maximum absolute atomic E-state index is 11.7. The Morgan fingerprint density at radius 2 is 2.14 bits per heavy atom. The zero-order chi connectivity index (χ0) is 10.9. The minimum atomic E-state index is -0.184. The molecule has 0 aromatic heterocycles. The summed E-state index contributed by atoms with van der Waals surface area (Å²) in [6, 6.07) is 0. The molecule has 1 N–H and O–H groups in total. The third-order valence-electron chi connectivity index (χ3n) is 3.18. The first-order chi connectivity index (χ1) is 6.39. The molecule has 1 atom stereocenters. The second-order valence-electron chi connectivity index (χ2n) is 5.14. The van der Waals surface area contributed by atoms with Crippen molar-refractivity contribution in [3.63, 3.8) is 0 Å². The van der Waals surface area contributed by atoms with Crippen molar-refractivity contribution in [2.45, 2.75) is 39.7 Å². The van der Waals surface area contributed by atoms with Gasteiger partial charge < -0.3 is 10.0 Å². The van der Waals surface area contributed by atoms with E-state index in [1.54, 1.807) is 0 Å². The number of rotatable bonds is 3. The van der Waals surface area contributed by atoms with Gasteiger partial charge in [-0.15, -0.1) is 0 Å². The highest BCUT2D eigenvalue weighted by Gasteiger charge is 2.45. The fourth-order valence-corrected chi connectivity index (χ4v) is 2.10. The number of nitrogens with zero attached hydrogens (tertiary/aromatic N) is 1. The van der Waals surface area contributed by atoms with Crippen LogP contribution in [0.5, 0.6) is 0 Å². The maximum atomic E-state index is 11.7. The van der Waals surface area contributed by atoms with Gasteiger partial charge in [0.2, 0.25) is 5.91 Å².